The van der Waals surface area contributed by atoms with Crippen molar-refractivity contribution in [3.05, 3.63) is 35.4 Å². The average molecular weight is 295 g/mol. The molecule has 6 heteroatoms. The first kappa shape index (κ1) is 14.5. The number of nitrogens with zero attached hydrogens (tertiary/aromatic N) is 1. The monoisotopic (exact) mass is 294 g/mol. The van der Waals surface area contributed by atoms with Gasteiger partial charge in [-0.15, -0.1) is 11.6 Å². The first-order valence-electron chi connectivity index (χ1n) is 6.29. The number of carbonyl (C=O) groups excluding carboxylic acids is 3. The molecule has 5 nitrogen and oxygen atoms in total. The maximum atomic E-state index is 12.1. The van der Waals surface area contributed by atoms with E-state index in [1.165, 1.54) is 7.05 Å². The molecular formula is C14H15ClN2O3. The molecule has 1 aromatic rings. The van der Waals surface area contributed by atoms with Crippen LogP contribution < -0.4 is 5.32 Å². The number of benzene rings is 1. The van der Waals surface area contributed by atoms with Crippen LogP contribution in [0.25, 0.3) is 0 Å². The quantitative estimate of drug-likeness (QED) is 0.675. The Morgan fingerprint density at radius 3 is 2.90 bits per heavy atom. The van der Waals surface area contributed by atoms with Crippen molar-refractivity contribution in [3.63, 3.8) is 0 Å². The van der Waals surface area contributed by atoms with Crippen LogP contribution in [0, 0.1) is 0 Å². The molecule has 2 rings (SSSR count). The molecule has 1 saturated heterocycles. The first-order valence-corrected chi connectivity index (χ1v) is 6.82. The summed E-state index contributed by atoms with van der Waals surface area (Å²) in [5, 5.41) is 2.66. The van der Waals surface area contributed by atoms with Crippen LogP contribution in [0.5, 0.6) is 0 Å². The van der Waals surface area contributed by atoms with Crippen LogP contribution in [0.1, 0.15) is 28.8 Å². The number of likely N-dealkylation sites (tertiary alicyclic amines) is 1. The van der Waals surface area contributed by atoms with Crippen LogP contribution in [0.15, 0.2) is 24.3 Å². The van der Waals surface area contributed by atoms with Crippen LogP contribution >= 0.6 is 11.6 Å². The fraction of sp³-hybridized carbons (Fsp3) is 0.357. The number of alkyl halides is 1. The topological polar surface area (TPSA) is 66.5 Å². The van der Waals surface area contributed by atoms with Gasteiger partial charge in [-0.1, -0.05) is 12.1 Å². The van der Waals surface area contributed by atoms with Crippen molar-refractivity contribution in [2.45, 2.75) is 24.8 Å². The van der Waals surface area contributed by atoms with Crippen molar-refractivity contribution < 1.29 is 14.4 Å². The zero-order chi connectivity index (χ0) is 14.7. The highest BCUT2D eigenvalue weighted by molar-refractivity contribution is 6.17. The fourth-order valence-corrected chi connectivity index (χ4v) is 2.25. The molecule has 0 aromatic heterocycles. The molecule has 1 N–H and O–H groups in total. The van der Waals surface area contributed by atoms with Crippen molar-refractivity contribution >= 4 is 29.3 Å². The van der Waals surface area contributed by atoms with Gasteiger partial charge in [-0.2, -0.15) is 0 Å². The van der Waals surface area contributed by atoms with E-state index in [0.29, 0.717) is 17.9 Å². The predicted molar refractivity (Wildman–Crippen MR) is 74.3 cm³/mol. The van der Waals surface area contributed by atoms with Crippen LogP contribution in [0.4, 0.5) is 0 Å². The molecule has 0 bridgehead atoms. The summed E-state index contributed by atoms with van der Waals surface area (Å²) in [6.07, 6.45) is 0.595. The van der Waals surface area contributed by atoms with E-state index >= 15 is 0 Å². The third-order valence-corrected chi connectivity index (χ3v) is 3.61. The number of nitrogens with one attached hydrogen (secondary N) is 1. The van der Waals surface area contributed by atoms with E-state index in [-0.39, 0.29) is 24.1 Å². The molecule has 1 aromatic carbocycles. The van der Waals surface area contributed by atoms with Gasteiger partial charge in [0.2, 0.25) is 5.91 Å². The standard InChI is InChI=1S/C14H15ClN2O3/c1-17-12(18)6-5-11(14(17)20)16-13(19)10-4-2-3-9(7-10)8-15/h2-4,7,11H,5-6,8H2,1H3,(H,16,19). The molecule has 0 aliphatic carbocycles. The molecule has 1 unspecified atom stereocenters. The maximum absolute atomic E-state index is 12.1. The van der Waals surface area contributed by atoms with Crippen LogP contribution in [0.3, 0.4) is 0 Å². The highest BCUT2D eigenvalue weighted by Crippen LogP contribution is 2.13. The number of rotatable bonds is 3. The Morgan fingerprint density at radius 2 is 2.20 bits per heavy atom. The third-order valence-electron chi connectivity index (χ3n) is 3.30. The zero-order valence-corrected chi connectivity index (χ0v) is 11.8. The van der Waals surface area contributed by atoms with E-state index in [2.05, 4.69) is 5.32 Å². The molecule has 106 valence electrons. The lowest BCUT2D eigenvalue weighted by Crippen LogP contribution is -2.52. The summed E-state index contributed by atoms with van der Waals surface area (Å²) in [4.78, 5) is 36.4. The summed E-state index contributed by atoms with van der Waals surface area (Å²) >= 11 is 5.72. The van der Waals surface area contributed by atoms with E-state index in [9.17, 15) is 14.4 Å². The predicted octanol–water partition coefficient (Wildman–Crippen LogP) is 1.30. The Labute approximate surface area is 121 Å². The summed E-state index contributed by atoms with van der Waals surface area (Å²) in [6.45, 7) is 0. The lowest BCUT2D eigenvalue weighted by Gasteiger charge is -2.28. The van der Waals surface area contributed by atoms with Gasteiger partial charge in [-0.05, 0) is 24.1 Å². The normalized spacial score (nSPS) is 19.1. The van der Waals surface area contributed by atoms with Crippen LogP contribution in [-0.2, 0) is 15.5 Å². The number of imide groups is 1. The van der Waals surface area contributed by atoms with Gasteiger partial charge in [0, 0.05) is 24.9 Å². The van der Waals surface area contributed by atoms with Gasteiger partial charge < -0.3 is 5.32 Å². The molecule has 1 aliphatic rings. The molecule has 3 amide bonds. The SMILES string of the molecule is CN1C(=O)CCC(NC(=O)c2cccc(CCl)c2)C1=O. The second-order valence-corrected chi connectivity index (χ2v) is 4.96. The molecule has 1 heterocycles. The van der Waals surface area contributed by atoms with E-state index in [1.54, 1.807) is 18.2 Å². The van der Waals surface area contributed by atoms with E-state index in [1.807, 2.05) is 6.07 Å². The van der Waals surface area contributed by atoms with E-state index in [4.69, 9.17) is 11.6 Å². The third kappa shape index (κ3) is 2.99. The molecule has 1 fully saturated rings. The Kier molecular flexibility index (Phi) is 4.39. The summed E-state index contributed by atoms with van der Waals surface area (Å²) < 4.78 is 0. The lowest BCUT2D eigenvalue weighted by molar-refractivity contribution is -0.147. The van der Waals surface area contributed by atoms with E-state index < -0.39 is 6.04 Å². The molecule has 0 radical (unpaired) electrons. The number of piperidine rings is 1. The maximum Gasteiger partial charge on any atom is 0.251 e. The van der Waals surface area contributed by atoms with Gasteiger partial charge >= 0.3 is 0 Å². The second kappa shape index (κ2) is 6.05. The van der Waals surface area contributed by atoms with Crippen LogP contribution in [0.2, 0.25) is 0 Å². The van der Waals surface area contributed by atoms with Crippen molar-refractivity contribution in [1.29, 1.82) is 0 Å². The fourth-order valence-electron chi connectivity index (χ4n) is 2.09. The number of likely N-dealkylation sites (N-methyl/N-ethyl adjacent to an activating group) is 1. The summed E-state index contributed by atoms with van der Waals surface area (Å²) in [5.74, 6) is -0.605. The number of hydrogen-bond donors (Lipinski definition) is 1. The number of hydrogen-bond acceptors (Lipinski definition) is 3. The van der Waals surface area contributed by atoms with Gasteiger partial charge in [-0.3, -0.25) is 19.3 Å². The zero-order valence-electron chi connectivity index (χ0n) is 11.1. The van der Waals surface area contributed by atoms with Crippen molar-refractivity contribution in [1.82, 2.24) is 10.2 Å². The van der Waals surface area contributed by atoms with Gasteiger partial charge in [0.15, 0.2) is 0 Å². The number of halogens is 1. The van der Waals surface area contributed by atoms with Crippen molar-refractivity contribution in [3.8, 4) is 0 Å². The first-order chi connectivity index (χ1) is 9.52. The van der Waals surface area contributed by atoms with Gasteiger partial charge in [0.1, 0.15) is 6.04 Å². The Balaban J connectivity index is 2.07. The van der Waals surface area contributed by atoms with Crippen molar-refractivity contribution in [2.75, 3.05) is 7.05 Å². The molecule has 20 heavy (non-hydrogen) atoms. The summed E-state index contributed by atoms with van der Waals surface area (Å²) in [5.41, 5.74) is 1.29. The number of amides is 3. The molecule has 1 aliphatic heterocycles. The minimum absolute atomic E-state index is 0.218. The molecular weight excluding hydrogens is 280 g/mol. The minimum Gasteiger partial charge on any atom is -0.340 e. The largest absolute Gasteiger partial charge is 0.340 e. The van der Waals surface area contributed by atoms with Gasteiger partial charge in [-0.25, -0.2) is 0 Å². The lowest BCUT2D eigenvalue weighted by atomic mass is 10.0. The van der Waals surface area contributed by atoms with Gasteiger partial charge in [0.25, 0.3) is 11.8 Å². The Bertz CT molecular complexity index is 559. The van der Waals surface area contributed by atoms with Crippen molar-refractivity contribution in [2.24, 2.45) is 0 Å². The molecule has 1 atom stereocenters. The molecule has 0 spiro atoms. The molecule has 0 saturated carbocycles. The van der Waals surface area contributed by atoms with E-state index in [0.717, 1.165) is 10.5 Å². The average Bonchev–Trinajstić information content (AvgIpc) is 2.48. The van der Waals surface area contributed by atoms with Crippen LogP contribution in [-0.4, -0.2) is 35.7 Å². The summed E-state index contributed by atoms with van der Waals surface area (Å²) in [7, 11) is 1.43. The highest BCUT2D eigenvalue weighted by Gasteiger charge is 2.32. The Morgan fingerprint density at radius 1 is 1.45 bits per heavy atom. The second-order valence-electron chi connectivity index (χ2n) is 4.69. The van der Waals surface area contributed by atoms with Gasteiger partial charge in [0.05, 0.1) is 0 Å². The minimum atomic E-state index is -0.648. The number of carbonyl (C=O) groups is 3. The smallest absolute Gasteiger partial charge is 0.251 e. The Hall–Kier alpha value is -1.88. The summed E-state index contributed by atoms with van der Waals surface area (Å²) in [6, 6.07) is 6.26. The highest BCUT2D eigenvalue weighted by atomic mass is 35.5.